The van der Waals surface area contributed by atoms with Crippen molar-refractivity contribution in [2.24, 2.45) is 0 Å². The first-order valence-electron chi connectivity index (χ1n) is 10.3. The predicted molar refractivity (Wildman–Crippen MR) is 112 cm³/mol. The molecule has 0 saturated heterocycles. The zero-order chi connectivity index (χ0) is 21.1. The molecule has 1 aromatic heterocycles. The molecular formula is C25H24F3NO. The van der Waals surface area contributed by atoms with Crippen molar-refractivity contribution in [2.75, 3.05) is 6.61 Å². The van der Waals surface area contributed by atoms with Gasteiger partial charge < -0.3 is 4.74 Å². The van der Waals surface area contributed by atoms with Gasteiger partial charge in [-0.1, -0.05) is 30.3 Å². The van der Waals surface area contributed by atoms with E-state index in [1.165, 1.54) is 36.1 Å². The molecule has 1 heterocycles. The Kier molecular flexibility index (Phi) is 5.80. The maximum atomic E-state index is 12.7. The molecule has 0 bridgehead atoms. The molecule has 0 spiro atoms. The maximum absolute atomic E-state index is 12.7. The standard InChI is InChI=1S/C25H24F3NO/c1-17-18(15-16-30-24-8-4-6-19-5-2-3-7-22(19)24)11-14-23(29-17)20-9-12-21(13-10-20)25(26,27)28/h4,6,8-14H,2-3,5,7,15-16H2,1H3. The monoisotopic (exact) mass is 411 g/mol. The van der Waals surface area contributed by atoms with Gasteiger partial charge in [-0.25, -0.2) is 0 Å². The molecule has 5 heteroatoms. The molecule has 0 aliphatic heterocycles. The number of rotatable bonds is 5. The largest absolute Gasteiger partial charge is 0.493 e. The fraction of sp³-hybridized carbons (Fsp3) is 0.320. The number of nitrogens with zero attached hydrogens (tertiary/aromatic N) is 1. The van der Waals surface area contributed by atoms with E-state index in [0.29, 0.717) is 17.9 Å². The third-order valence-corrected chi connectivity index (χ3v) is 5.69. The van der Waals surface area contributed by atoms with E-state index in [-0.39, 0.29) is 0 Å². The van der Waals surface area contributed by atoms with Gasteiger partial charge in [-0.05, 0) is 73.6 Å². The van der Waals surface area contributed by atoms with Crippen LogP contribution in [0.25, 0.3) is 11.3 Å². The van der Waals surface area contributed by atoms with Crippen LogP contribution in [0.3, 0.4) is 0 Å². The van der Waals surface area contributed by atoms with E-state index in [0.717, 1.165) is 48.4 Å². The van der Waals surface area contributed by atoms with Crippen molar-refractivity contribution in [3.8, 4) is 17.0 Å². The summed E-state index contributed by atoms with van der Waals surface area (Å²) in [5.41, 5.74) is 5.38. The second-order valence-electron chi connectivity index (χ2n) is 7.72. The summed E-state index contributed by atoms with van der Waals surface area (Å²) in [6.07, 6.45) is 1.06. The van der Waals surface area contributed by atoms with E-state index in [4.69, 9.17) is 4.74 Å². The van der Waals surface area contributed by atoms with Gasteiger partial charge in [-0.3, -0.25) is 4.98 Å². The Hall–Kier alpha value is -2.82. The van der Waals surface area contributed by atoms with Crippen LogP contribution in [0.1, 0.15) is 40.8 Å². The summed E-state index contributed by atoms with van der Waals surface area (Å²) in [7, 11) is 0. The van der Waals surface area contributed by atoms with Crippen LogP contribution in [-0.4, -0.2) is 11.6 Å². The van der Waals surface area contributed by atoms with Crippen LogP contribution >= 0.6 is 0 Å². The highest BCUT2D eigenvalue weighted by molar-refractivity contribution is 5.60. The lowest BCUT2D eigenvalue weighted by Gasteiger charge is -2.19. The Morgan fingerprint density at radius 3 is 2.43 bits per heavy atom. The first-order valence-corrected chi connectivity index (χ1v) is 10.3. The zero-order valence-electron chi connectivity index (χ0n) is 16.9. The number of alkyl halides is 3. The molecule has 1 aliphatic rings. The summed E-state index contributed by atoms with van der Waals surface area (Å²) in [6, 6.07) is 15.2. The second-order valence-corrected chi connectivity index (χ2v) is 7.72. The van der Waals surface area contributed by atoms with Crippen molar-refractivity contribution in [3.05, 3.63) is 82.5 Å². The third kappa shape index (κ3) is 4.50. The minimum atomic E-state index is -4.33. The third-order valence-electron chi connectivity index (χ3n) is 5.69. The number of fused-ring (bicyclic) bond motifs is 1. The van der Waals surface area contributed by atoms with Crippen molar-refractivity contribution in [1.82, 2.24) is 4.98 Å². The number of ether oxygens (including phenoxy) is 1. The average Bonchev–Trinajstić information content (AvgIpc) is 2.74. The van der Waals surface area contributed by atoms with Crippen molar-refractivity contribution in [3.63, 3.8) is 0 Å². The van der Waals surface area contributed by atoms with Gasteiger partial charge in [0.25, 0.3) is 0 Å². The van der Waals surface area contributed by atoms with E-state index < -0.39 is 11.7 Å². The van der Waals surface area contributed by atoms with Crippen LogP contribution in [0.2, 0.25) is 0 Å². The first-order chi connectivity index (χ1) is 14.4. The Balaban J connectivity index is 1.42. The van der Waals surface area contributed by atoms with Gasteiger partial charge in [0.2, 0.25) is 0 Å². The molecule has 0 amide bonds. The fourth-order valence-electron chi connectivity index (χ4n) is 4.00. The molecule has 0 fully saturated rings. The van der Waals surface area contributed by atoms with Crippen molar-refractivity contribution in [2.45, 2.75) is 45.2 Å². The topological polar surface area (TPSA) is 22.1 Å². The normalized spacial score (nSPS) is 13.7. The van der Waals surface area contributed by atoms with E-state index in [2.05, 4.69) is 17.1 Å². The van der Waals surface area contributed by atoms with Crippen LogP contribution in [0.5, 0.6) is 5.75 Å². The van der Waals surface area contributed by atoms with E-state index in [1.807, 2.05) is 25.1 Å². The molecule has 3 aromatic rings. The Bertz CT molecular complexity index is 1030. The molecular weight excluding hydrogens is 387 g/mol. The fourth-order valence-corrected chi connectivity index (χ4v) is 4.00. The number of hydrogen-bond acceptors (Lipinski definition) is 2. The van der Waals surface area contributed by atoms with Gasteiger partial charge >= 0.3 is 6.18 Å². The molecule has 156 valence electrons. The van der Waals surface area contributed by atoms with E-state index in [1.54, 1.807) is 0 Å². The molecule has 0 atom stereocenters. The highest BCUT2D eigenvalue weighted by atomic mass is 19.4. The van der Waals surface area contributed by atoms with Gasteiger partial charge in [-0.15, -0.1) is 0 Å². The van der Waals surface area contributed by atoms with Gasteiger partial charge in [0.1, 0.15) is 5.75 Å². The van der Waals surface area contributed by atoms with Crippen LogP contribution < -0.4 is 4.74 Å². The number of halogens is 3. The summed E-state index contributed by atoms with van der Waals surface area (Å²) >= 11 is 0. The summed E-state index contributed by atoms with van der Waals surface area (Å²) < 4.78 is 44.3. The van der Waals surface area contributed by atoms with Crippen LogP contribution in [0.15, 0.2) is 54.6 Å². The van der Waals surface area contributed by atoms with Gasteiger partial charge in [-0.2, -0.15) is 13.2 Å². The minimum absolute atomic E-state index is 0.568. The molecule has 1 aliphatic carbocycles. The molecule has 0 saturated carbocycles. The average molecular weight is 411 g/mol. The summed E-state index contributed by atoms with van der Waals surface area (Å²) in [5.74, 6) is 0.985. The molecule has 2 aromatic carbocycles. The molecule has 2 nitrogen and oxygen atoms in total. The quantitative estimate of drug-likeness (QED) is 0.473. The lowest BCUT2D eigenvalue weighted by atomic mass is 9.91. The molecule has 4 rings (SSSR count). The predicted octanol–water partition coefficient (Wildman–Crippen LogP) is 6.58. The second kappa shape index (κ2) is 8.50. The number of benzene rings is 2. The van der Waals surface area contributed by atoms with Crippen molar-refractivity contribution >= 4 is 0 Å². The number of aromatic nitrogens is 1. The summed E-state index contributed by atoms with van der Waals surface area (Å²) in [5, 5.41) is 0. The highest BCUT2D eigenvalue weighted by Gasteiger charge is 2.30. The SMILES string of the molecule is Cc1nc(-c2ccc(C(F)(F)F)cc2)ccc1CCOc1cccc2c1CCCC2. The smallest absolute Gasteiger partial charge is 0.416 e. The first kappa shape index (κ1) is 20.5. The number of hydrogen-bond donors (Lipinski definition) is 0. The van der Waals surface area contributed by atoms with Crippen LogP contribution in [-0.2, 0) is 25.4 Å². The van der Waals surface area contributed by atoms with Crippen LogP contribution in [0.4, 0.5) is 13.2 Å². The van der Waals surface area contributed by atoms with Crippen LogP contribution in [0, 0.1) is 6.92 Å². The van der Waals surface area contributed by atoms with Crippen molar-refractivity contribution in [1.29, 1.82) is 0 Å². The minimum Gasteiger partial charge on any atom is -0.493 e. The lowest BCUT2D eigenvalue weighted by molar-refractivity contribution is -0.137. The molecule has 0 unspecified atom stereocenters. The highest BCUT2D eigenvalue weighted by Crippen LogP contribution is 2.31. The Labute approximate surface area is 174 Å². The van der Waals surface area contributed by atoms with E-state index in [9.17, 15) is 13.2 Å². The number of aryl methyl sites for hydroxylation is 2. The number of pyridine rings is 1. The Morgan fingerprint density at radius 2 is 1.70 bits per heavy atom. The molecule has 30 heavy (non-hydrogen) atoms. The lowest BCUT2D eigenvalue weighted by Crippen LogP contribution is -2.09. The van der Waals surface area contributed by atoms with Gasteiger partial charge in [0.15, 0.2) is 0 Å². The summed E-state index contributed by atoms with van der Waals surface area (Å²) in [4.78, 5) is 4.59. The Morgan fingerprint density at radius 1 is 0.933 bits per heavy atom. The van der Waals surface area contributed by atoms with Crippen molar-refractivity contribution < 1.29 is 17.9 Å². The van der Waals surface area contributed by atoms with Gasteiger partial charge in [0, 0.05) is 17.7 Å². The van der Waals surface area contributed by atoms with E-state index >= 15 is 0 Å². The molecule has 0 radical (unpaired) electrons. The summed E-state index contributed by atoms with van der Waals surface area (Å²) in [6.45, 7) is 2.49. The maximum Gasteiger partial charge on any atom is 0.416 e. The molecule has 0 N–H and O–H groups in total. The van der Waals surface area contributed by atoms with Gasteiger partial charge in [0.05, 0.1) is 17.9 Å². The zero-order valence-corrected chi connectivity index (χ0v) is 16.9.